The molecule has 0 saturated heterocycles. The van der Waals surface area contributed by atoms with E-state index in [1.807, 2.05) is 0 Å². The van der Waals surface area contributed by atoms with Crippen molar-refractivity contribution in [3.63, 3.8) is 0 Å². The molecule has 0 amide bonds. The summed E-state index contributed by atoms with van der Waals surface area (Å²) in [7, 11) is 0. The number of halogens is 5. The number of phenolic OH excluding ortho intramolecular Hbond substituents is 1. The van der Waals surface area contributed by atoms with Crippen molar-refractivity contribution in [2.45, 2.75) is 6.18 Å². The highest BCUT2D eigenvalue weighted by atomic mass is 79.9. The minimum atomic E-state index is -4.92. The van der Waals surface area contributed by atoms with Gasteiger partial charge in [-0.25, -0.2) is 4.39 Å². The zero-order valence-corrected chi connectivity index (χ0v) is 8.08. The molecule has 0 bridgehead atoms. The van der Waals surface area contributed by atoms with Crippen molar-refractivity contribution in [2.75, 3.05) is 5.73 Å². The molecule has 0 aromatic heterocycles. The Kier molecular flexibility index (Phi) is 2.62. The number of nitrogen functional groups attached to an aromatic ring is 1. The fourth-order valence-electron chi connectivity index (χ4n) is 0.916. The molecule has 0 heterocycles. The SMILES string of the molecule is Nc1c(O)c(Br)cc(F)c1C(F)(F)F. The second kappa shape index (κ2) is 3.30. The monoisotopic (exact) mass is 273 g/mol. The van der Waals surface area contributed by atoms with Gasteiger partial charge in [0.05, 0.1) is 10.2 Å². The van der Waals surface area contributed by atoms with Crippen LogP contribution in [-0.2, 0) is 6.18 Å². The normalized spacial score (nSPS) is 11.8. The van der Waals surface area contributed by atoms with Gasteiger partial charge in [0.25, 0.3) is 0 Å². The molecule has 0 aliphatic rings. The fourth-order valence-corrected chi connectivity index (χ4v) is 1.33. The van der Waals surface area contributed by atoms with Gasteiger partial charge in [-0.1, -0.05) is 0 Å². The molecule has 0 saturated carbocycles. The summed E-state index contributed by atoms with van der Waals surface area (Å²) >= 11 is 2.66. The molecule has 0 aliphatic carbocycles. The number of anilines is 1. The molecule has 0 radical (unpaired) electrons. The summed E-state index contributed by atoms with van der Waals surface area (Å²) < 4.78 is 49.1. The maximum absolute atomic E-state index is 12.8. The highest BCUT2D eigenvalue weighted by Crippen LogP contribution is 2.42. The Balaban J connectivity index is 3.53. The smallest absolute Gasteiger partial charge is 0.421 e. The average molecular weight is 274 g/mol. The van der Waals surface area contributed by atoms with E-state index in [9.17, 15) is 17.6 Å². The summed E-state index contributed by atoms with van der Waals surface area (Å²) in [6, 6.07) is 0.508. The molecule has 0 unspecified atom stereocenters. The van der Waals surface area contributed by atoms with Crippen molar-refractivity contribution in [3.8, 4) is 5.75 Å². The van der Waals surface area contributed by atoms with E-state index in [2.05, 4.69) is 15.9 Å². The summed E-state index contributed by atoms with van der Waals surface area (Å²) in [4.78, 5) is 0. The summed E-state index contributed by atoms with van der Waals surface area (Å²) in [6.45, 7) is 0. The van der Waals surface area contributed by atoms with Crippen LogP contribution < -0.4 is 5.73 Å². The van der Waals surface area contributed by atoms with E-state index in [0.29, 0.717) is 6.07 Å². The quantitative estimate of drug-likeness (QED) is 0.434. The van der Waals surface area contributed by atoms with E-state index in [1.165, 1.54) is 0 Å². The first kappa shape index (κ1) is 11.1. The number of rotatable bonds is 0. The Morgan fingerprint density at radius 2 is 1.86 bits per heavy atom. The maximum Gasteiger partial charge on any atom is 0.421 e. The van der Waals surface area contributed by atoms with Gasteiger partial charge in [0, 0.05) is 0 Å². The van der Waals surface area contributed by atoms with Crippen LogP contribution in [0.25, 0.3) is 0 Å². The molecule has 3 N–H and O–H groups in total. The average Bonchev–Trinajstić information content (AvgIpc) is 1.97. The molecule has 0 spiro atoms. The number of nitrogens with two attached hydrogens (primary N) is 1. The van der Waals surface area contributed by atoms with Gasteiger partial charge in [0.2, 0.25) is 0 Å². The van der Waals surface area contributed by atoms with E-state index in [0.717, 1.165) is 0 Å². The third-order valence-electron chi connectivity index (χ3n) is 1.53. The van der Waals surface area contributed by atoms with Crippen molar-refractivity contribution >= 4 is 21.6 Å². The van der Waals surface area contributed by atoms with Crippen molar-refractivity contribution in [1.82, 2.24) is 0 Å². The number of hydrogen-bond acceptors (Lipinski definition) is 2. The maximum atomic E-state index is 12.8. The van der Waals surface area contributed by atoms with Crippen LogP contribution in [0.15, 0.2) is 10.5 Å². The topological polar surface area (TPSA) is 46.2 Å². The van der Waals surface area contributed by atoms with Gasteiger partial charge in [0.15, 0.2) is 5.75 Å². The minimum absolute atomic E-state index is 0.222. The van der Waals surface area contributed by atoms with E-state index in [4.69, 9.17) is 10.8 Å². The molecular formula is C7H4BrF4NO. The summed E-state index contributed by atoms with van der Waals surface area (Å²) in [5.41, 5.74) is 2.25. The van der Waals surface area contributed by atoms with Gasteiger partial charge in [0.1, 0.15) is 11.4 Å². The Bertz CT molecular complexity index is 377. The van der Waals surface area contributed by atoms with Crippen LogP contribution in [0.4, 0.5) is 23.2 Å². The summed E-state index contributed by atoms with van der Waals surface area (Å²) in [5.74, 6) is -2.35. The van der Waals surface area contributed by atoms with Crippen LogP contribution in [0.2, 0.25) is 0 Å². The lowest BCUT2D eigenvalue weighted by Gasteiger charge is -2.12. The second-order valence-corrected chi connectivity index (χ2v) is 3.33. The van der Waals surface area contributed by atoms with Crippen molar-refractivity contribution in [1.29, 1.82) is 0 Å². The van der Waals surface area contributed by atoms with Gasteiger partial charge in [-0.05, 0) is 22.0 Å². The highest BCUT2D eigenvalue weighted by Gasteiger charge is 2.38. The largest absolute Gasteiger partial charge is 0.505 e. The van der Waals surface area contributed by atoms with Crippen molar-refractivity contribution in [3.05, 3.63) is 21.9 Å². The third kappa shape index (κ3) is 1.77. The molecule has 0 fully saturated rings. The molecular weight excluding hydrogens is 270 g/mol. The highest BCUT2D eigenvalue weighted by molar-refractivity contribution is 9.10. The Hall–Kier alpha value is -0.980. The Morgan fingerprint density at radius 1 is 1.36 bits per heavy atom. The van der Waals surface area contributed by atoms with Crippen LogP contribution in [0.3, 0.4) is 0 Å². The number of phenols is 1. The first-order chi connectivity index (χ1) is 6.25. The first-order valence-corrected chi connectivity index (χ1v) is 4.08. The Morgan fingerprint density at radius 3 is 2.29 bits per heavy atom. The van der Waals surface area contributed by atoms with Crippen molar-refractivity contribution in [2.24, 2.45) is 0 Å². The molecule has 1 rings (SSSR count). The Labute approximate surface area is 84.5 Å². The van der Waals surface area contributed by atoms with Gasteiger partial charge in [-0.3, -0.25) is 0 Å². The standard InChI is InChI=1S/C7H4BrF4NO/c8-2-1-3(9)4(7(10,11)12)5(13)6(2)14/h1,14H,13H2. The second-order valence-electron chi connectivity index (χ2n) is 2.48. The molecule has 1 aromatic carbocycles. The van der Waals surface area contributed by atoms with Crippen LogP contribution in [0, 0.1) is 5.82 Å². The molecule has 0 atom stereocenters. The minimum Gasteiger partial charge on any atom is -0.505 e. The number of alkyl halides is 3. The van der Waals surface area contributed by atoms with Crippen LogP contribution in [-0.4, -0.2) is 5.11 Å². The molecule has 78 valence electrons. The molecule has 1 aromatic rings. The van der Waals surface area contributed by atoms with Crippen LogP contribution in [0.1, 0.15) is 5.56 Å². The van der Waals surface area contributed by atoms with E-state index in [1.54, 1.807) is 0 Å². The lowest BCUT2D eigenvalue weighted by atomic mass is 10.1. The first-order valence-electron chi connectivity index (χ1n) is 3.28. The molecule has 2 nitrogen and oxygen atoms in total. The summed E-state index contributed by atoms with van der Waals surface area (Å²) in [5, 5.41) is 9.04. The lowest BCUT2D eigenvalue weighted by molar-refractivity contribution is -0.139. The van der Waals surface area contributed by atoms with Crippen LogP contribution >= 0.6 is 15.9 Å². The van der Waals surface area contributed by atoms with E-state index in [-0.39, 0.29) is 4.47 Å². The van der Waals surface area contributed by atoms with E-state index >= 15 is 0 Å². The predicted octanol–water partition coefficient (Wildman–Crippen LogP) is 2.89. The zero-order valence-electron chi connectivity index (χ0n) is 6.49. The van der Waals surface area contributed by atoms with Gasteiger partial charge >= 0.3 is 6.18 Å². The van der Waals surface area contributed by atoms with E-state index < -0.39 is 29.0 Å². The number of benzene rings is 1. The summed E-state index contributed by atoms with van der Waals surface area (Å²) in [6.07, 6.45) is -4.92. The zero-order chi connectivity index (χ0) is 11.1. The molecule has 0 aliphatic heterocycles. The fraction of sp³-hybridized carbons (Fsp3) is 0.143. The predicted molar refractivity (Wildman–Crippen MR) is 45.2 cm³/mol. The van der Waals surface area contributed by atoms with Crippen molar-refractivity contribution < 1.29 is 22.7 Å². The third-order valence-corrected chi connectivity index (χ3v) is 2.13. The van der Waals surface area contributed by atoms with Crippen LogP contribution in [0.5, 0.6) is 5.75 Å². The van der Waals surface area contributed by atoms with Gasteiger partial charge < -0.3 is 10.8 Å². The number of aromatic hydroxyl groups is 1. The molecule has 7 heteroatoms. The van der Waals surface area contributed by atoms with Gasteiger partial charge in [-0.2, -0.15) is 13.2 Å². The molecule has 14 heavy (non-hydrogen) atoms. The number of hydrogen-bond donors (Lipinski definition) is 2. The van der Waals surface area contributed by atoms with Gasteiger partial charge in [-0.15, -0.1) is 0 Å². The lowest BCUT2D eigenvalue weighted by Crippen LogP contribution is -2.12.